The molecule has 1 aromatic rings. The van der Waals surface area contributed by atoms with Gasteiger partial charge in [-0.2, -0.15) is 17.0 Å². The maximum absolute atomic E-state index is 13.9. The number of nitrogens with zero attached hydrogens (tertiary/aromatic N) is 2. The van der Waals surface area contributed by atoms with Gasteiger partial charge in [-0.15, -0.1) is 0 Å². The van der Waals surface area contributed by atoms with Crippen LogP contribution in [-0.2, 0) is 14.9 Å². The zero-order valence-corrected chi connectivity index (χ0v) is 24.0. The lowest BCUT2D eigenvalue weighted by molar-refractivity contribution is 0.0606. The minimum absolute atomic E-state index is 0.306. The Morgan fingerprint density at radius 2 is 1.20 bits per heavy atom. The normalized spacial score (nSPS) is 12.2. The Morgan fingerprint density at radius 1 is 0.771 bits per heavy atom. The summed E-state index contributed by atoms with van der Waals surface area (Å²) in [5.74, 6) is 0. The molecule has 0 aliphatic carbocycles. The second-order valence-corrected chi connectivity index (χ2v) is 12.3. The third-order valence-corrected chi connectivity index (χ3v) is 7.75. The number of carbonyl (C=O) groups is 1. The molecule has 0 aliphatic heterocycles. The summed E-state index contributed by atoms with van der Waals surface area (Å²) in [4.78, 5) is 13.2. The number of hydrogen-bond donors (Lipinski definition) is 0. The number of unbranched alkanes of at least 4 members (excludes halogenated alkanes) is 10. The summed E-state index contributed by atoms with van der Waals surface area (Å²) < 4.78 is 35.7. The van der Waals surface area contributed by atoms with Crippen molar-refractivity contribution >= 4 is 22.0 Å². The fraction of sp³-hybridized carbons (Fsp3) is 0.750. The second kappa shape index (κ2) is 16.2. The Bertz CT molecular complexity index is 800. The van der Waals surface area contributed by atoms with E-state index in [0.29, 0.717) is 18.8 Å². The molecule has 1 aromatic carbocycles. The molecule has 0 saturated carbocycles. The van der Waals surface area contributed by atoms with Crippen molar-refractivity contribution in [1.29, 1.82) is 0 Å². The highest BCUT2D eigenvalue weighted by Gasteiger charge is 2.37. The highest BCUT2D eigenvalue weighted by molar-refractivity contribution is 7.91. The van der Waals surface area contributed by atoms with Crippen LogP contribution in [0.15, 0.2) is 24.3 Å². The molecule has 35 heavy (non-hydrogen) atoms. The zero-order chi connectivity index (χ0) is 26.3. The Balaban J connectivity index is 3.11. The molecular formula is C28H50N2O4S. The van der Waals surface area contributed by atoms with Crippen LogP contribution in [0.3, 0.4) is 0 Å². The summed E-state index contributed by atoms with van der Waals surface area (Å²) in [6, 6.07) is 6.97. The van der Waals surface area contributed by atoms with E-state index in [9.17, 15) is 13.2 Å². The van der Waals surface area contributed by atoms with Gasteiger partial charge < -0.3 is 4.74 Å². The van der Waals surface area contributed by atoms with Crippen LogP contribution in [0.5, 0.6) is 0 Å². The number of amides is 1. The molecule has 6 nitrogen and oxygen atoms in total. The van der Waals surface area contributed by atoms with Crippen LogP contribution in [0.1, 0.15) is 117 Å². The molecule has 0 bridgehead atoms. The van der Waals surface area contributed by atoms with Gasteiger partial charge in [-0.25, -0.2) is 4.79 Å². The van der Waals surface area contributed by atoms with E-state index in [2.05, 4.69) is 13.8 Å². The summed E-state index contributed by atoms with van der Waals surface area (Å²) in [5.41, 5.74) is 0.492. The lowest BCUT2D eigenvalue weighted by atomic mass is 10.1. The summed E-state index contributed by atoms with van der Waals surface area (Å²) in [7, 11) is -4.10. The zero-order valence-electron chi connectivity index (χ0n) is 23.1. The monoisotopic (exact) mass is 510 g/mol. The lowest BCUT2D eigenvalue weighted by Crippen LogP contribution is -2.49. The standard InChI is InChI=1S/C28H50N2O4S/c1-7-9-11-13-15-17-23-29(24-18-16-14-12-10-8-2)35(32,33)30(27(31)34-28(4,5)6)26-21-19-25(3)20-22-26/h19-22H,7-18,23-24H2,1-6H3. The minimum atomic E-state index is -4.10. The van der Waals surface area contributed by atoms with Crippen LogP contribution < -0.4 is 4.31 Å². The number of ether oxygens (including phenoxy) is 1. The summed E-state index contributed by atoms with van der Waals surface area (Å²) in [5, 5.41) is 0. The van der Waals surface area contributed by atoms with Crippen LogP contribution in [-0.4, -0.2) is 37.5 Å². The quantitative estimate of drug-likeness (QED) is 0.199. The van der Waals surface area contributed by atoms with E-state index in [1.807, 2.05) is 19.1 Å². The van der Waals surface area contributed by atoms with E-state index in [0.717, 1.165) is 48.4 Å². The van der Waals surface area contributed by atoms with Crippen LogP contribution >= 0.6 is 0 Å². The number of hydrogen-bond acceptors (Lipinski definition) is 4. The molecule has 7 heteroatoms. The Hall–Kier alpha value is -1.60. The maximum atomic E-state index is 13.9. The molecule has 0 heterocycles. The predicted octanol–water partition coefficient (Wildman–Crippen LogP) is 8.00. The first-order valence-corrected chi connectivity index (χ1v) is 15.0. The number of aryl methyl sites for hydroxylation is 1. The predicted molar refractivity (Wildman–Crippen MR) is 147 cm³/mol. The highest BCUT2D eigenvalue weighted by atomic mass is 32.2. The minimum Gasteiger partial charge on any atom is -0.443 e. The molecule has 1 rings (SSSR count). The molecule has 0 radical (unpaired) electrons. The Morgan fingerprint density at radius 3 is 1.63 bits per heavy atom. The third-order valence-electron chi connectivity index (χ3n) is 5.91. The van der Waals surface area contributed by atoms with Gasteiger partial charge in [0.1, 0.15) is 5.60 Å². The fourth-order valence-corrected chi connectivity index (χ4v) is 5.48. The van der Waals surface area contributed by atoms with E-state index in [4.69, 9.17) is 4.74 Å². The first-order valence-electron chi connectivity index (χ1n) is 13.6. The fourth-order valence-electron chi connectivity index (χ4n) is 3.91. The molecule has 0 aromatic heterocycles. The molecule has 0 aliphatic rings. The molecule has 0 spiro atoms. The van der Waals surface area contributed by atoms with Crippen molar-refractivity contribution in [3.63, 3.8) is 0 Å². The van der Waals surface area contributed by atoms with E-state index in [1.54, 1.807) is 32.9 Å². The van der Waals surface area contributed by atoms with E-state index in [-0.39, 0.29) is 0 Å². The van der Waals surface area contributed by atoms with Crippen molar-refractivity contribution < 1.29 is 17.9 Å². The molecule has 0 fully saturated rings. The topological polar surface area (TPSA) is 66.9 Å². The molecule has 0 atom stereocenters. The van der Waals surface area contributed by atoms with Crippen LogP contribution in [0, 0.1) is 6.92 Å². The molecule has 202 valence electrons. The van der Waals surface area contributed by atoms with Crippen LogP contribution in [0.2, 0.25) is 0 Å². The van der Waals surface area contributed by atoms with Gasteiger partial charge >= 0.3 is 16.3 Å². The van der Waals surface area contributed by atoms with E-state index in [1.165, 1.54) is 42.8 Å². The van der Waals surface area contributed by atoms with Crippen molar-refractivity contribution in [1.82, 2.24) is 4.31 Å². The smallest absolute Gasteiger partial charge is 0.429 e. The van der Waals surface area contributed by atoms with Gasteiger partial charge in [0.15, 0.2) is 0 Å². The van der Waals surface area contributed by atoms with Gasteiger partial charge in [-0.1, -0.05) is 95.8 Å². The van der Waals surface area contributed by atoms with Crippen molar-refractivity contribution in [3.8, 4) is 0 Å². The number of benzene rings is 1. The highest BCUT2D eigenvalue weighted by Crippen LogP contribution is 2.25. The third kappa shape index (κ3) is 12.3. The second-order valence-electron chi connectivity index (χ2n) is 10.5. The van der Waals surface area contributed by atoms with Crippen LogP contribution in [0.25, 0.3) is 0 Å². The van der Waals surface area contributed by atoms with Gasteiger partial charge in [0, 0.05) is 13.1 Å². The molecule has 0 N–H and O–H groups in total. The van der Waals surface area contributed by atoms with Crippen molar-refractivity contribution in [2.45, 2.75) is 124 Å². The van der Waals surface area contributed by atoms with Gasteiger partial charge in [0.05, 0.1) is 5.69 Å². The van der Waals surface area contributed by atoms with Crippen molar-refractivity contribution in [2.24, 2.45) is 0 Å². The SMILES string of the molecule is CCCCCCCCN(CCCCCCCC)S(=O)(=O)N(C(=O)OC(C)(C)C)c1ccc(C)cc1. The Labute approximate surface area is 215 Å². The van der Waals surface area contributed by atoms with Crippen molar-refractivity contribution in [2.75, 3.05) is 17.4 Å². The number of rotatable bonds is 17. The first-order chi connectivity index (χ1) is 16.5. The van der Waals surface area contributed by atoms with Crippen LogP contribution in [0.4, 0.5) is 10.5 Å². The van der Waals surface area contributed by atoms with Gasteiger partial charge in [-0.3, -0.25) is 0 Å². The largest absolute Gasteiger partial charge is 0.443 e. The average Bonchev–Trinajstić information content (AvgIpc) is 2.77. The summed E-state index contributed by atoms with van der Waals surface area (Å²) in [6.07, 6.45) is 12.0. The van der Waals surface area contributed by atoms with E-state index < -0.39 is 21.9 Å². The van der Waals surface area contributed by atoms with Crippen molar-refractivity contribution in [3.05, 3.63) is 29.8 Å². The molecular weight excluding hydrogens is 460 g/mol. The van der Waals surface area contributed by atoms with Gasteiger partial charge in [0.25, 0.3) is 0 Å². The van der Waals surface area contributed by atoms with E-state index >= 15 is 0 Å². The lowest BCUT2D eigenvalue weighted by Gasteiger charge is -2.31. The summed E-state index contributed by atoms with van der Waals surface area (Å²) >= 11 is 0. The molecule has 1 amide bonds. The van der Waals surface area contributed by atoms with Gasteiger partial charge in [-0.05, 0) is 52.7 Å². The number of anilines is 1. The first kappa shape index (κ1) is 31.4. The summed E-state index contributed by atoms with van der Waals surface area (Å²) in [6.45, 7) is 12.4. The molecule has 0 unspecified atom stereocenters. The maximum Gasteiger partial charge on any atom is 0.429 e. The van der Waals surface area contributed by atoms with Gasteiger partial charge in [0.2, 0.25) is 0 Å². The average molecular weight is 511 g/mol. The Kier molecular flexibility index (Phi) is 14.6. The molecule has 0 saturated heterocycles. The number of carbonyl (C=O) groups excluding carboxylic acids is 1.